The van der Waals surface area contributed by atoms with E-state index < -0.39 is 0 Å². The van der Waals surface area contributed by atoms with Gasteiger partial charge in [-0.3, -0.25) is 4.90 Å². The van der Waals surface area contributed by atoms with Gasteiger partial charge in [0.05, 0.1) is 26.3 Å². The summed E-state index contributed by atoms with van der Waals surface area (Å²) in [6, 6.07) is 14.6. The second-order valence-corrected chi connectivity index (χ2v) is 7.62. The lowest BCUT2D eigenvalue weighted by molar-refractivity contribution is 0.0341. The van der Waals surface area contributed by atoms with Crippen LogP contribution in [0, 0.1) is 5.82 Å². The van der Waals surface area contributed by atoms with Gasteiger partial charge >= 0.3 is 0 Å². The average molecular weight is 556 g/mol. The number of halogens is 2. The van der Waals surface area contributed by atoms with Crippen LogP contribution in [0.1, 0.15) is 25.0 Å². The van der Waals surface area contributed by atoms with Crippen LogP contribution in [0.5, 0.6) is 5.75 Å². The predicted octanol–water partition coefficient (Wildman–Crippen LogP) is 3.80. The number of ether oxygens (including phenoxy) is 2. The zero-order valence-electron chi connectivity index (χ0n) is 18.9. The van der Waals surface area contributed by atoms with Crippen LogP contribution >= 0.6 is 24.0 Å². The summed E-state index contributed by atoms with van der Waals surface area (Å²) in [6.07, 6.45) is -0.140. The minimum Gasteiger partial charge on any atom is -0.489 e. The van der Waals surface area contributed by atoms with Crippen molar-refractivity contribution in [3.05, 3.63) is 65.5 Å². The molecule has 32 heavy (non-hydrogen) atoms. The summed E-state index contributed by atoms with van der Waals surface area (Å²) >= 11 is 0. The van der Waals surface area contributed by atoms with E-state index in [1.807, 2.05) is 13.8 Å². The van der Waals surface area contributed by atoms with Gasteiger partial charge in [0, 0.05) is 32.2 Å². The van der Waals surface area contributed by atoms with Gasteiger partial charge in [0.1, 0.15) is 17.7 Å². The number of nitrogens with one attached hydrogen (secondary N) is 2. The van der Waals surface area contributed by atoms with Crippen molar-refractivity contribution in [3.63, 3.8) is 0 Å². The molecule has 2 N–H and O–H groups in total. The van der Waals surface area contributed by atoms with Crippen LogP contribution in [0.15, 0.2) is 53.5 Å². The third kappa shape index (κ3) is 8.91. The molecule has 1 aliphatic rings. The predicted molar refractivity (Wildman–Crippen MR) is 137 cm³/mol. The van der Waals surface area contributed by atoms with Gasteiger partial charge in [0.15, 0.2) is 5.96 Å². The number of hydrogen-bond donors (Lipinski definition) is 2. The molecule has 0 spiro atoms. The Balaban J connectivity index is 0.00000363. The Morgan fingerprint density at radius 1 is 1.12 bits per heavy atom. The second-order valence-electron chi connectivity index (χ2n) is 7.62. The van der Waals surface area contributed by atoms with E-state index in [0.717, 1.165) is 45.4 Å². The molecule has 176 valence electrons. The SMILES string of the molecule is CCNC(=NCc1ccccc1CN1CCOCC1)NCC(C)Oc1cccc(F)c1.I. The number of rotatable bonds is 9. The van der Waals surface area contributed by atoms with Gasteiger partial charge in [0.25, 0.3) is 0 Å². The summed E-state index contributed by atoms with van der Waals surface area (Å²) in [5.41, 5.74) is 2.52. The fourth-order valence-electron chi connectivity index (χ4n) is 3.43. The smallest absolute Gasteiger partial charge is 0.191 e. The Hall–Kier alpha value is -1.91. The first kappa shape index (κ1) is 26.3. The van der Waals surface area contributed by atoms with Crippen molar-refractivity contribution in [2.45, 2.75) is 33.0 Å². The molecule has 1 atom stereocenters. The molecule has 1 fully saturated rings. The van der Waals surface area contributed by atoms with Crippen molar-refractivity contribution in [3.8, 4) is 5.75 Å². The monoisotopic (exact) mass is 556 g/mol. The van der Waals surface area contributed by atoms with Crippen LogP contribution in [0.3, 0.4) is 0 Å². The summed E-state index contributed by atoms with van der Waals surface area (Å²) in [6.45, 7) is 10.3. The molecule has 1 unspecified atom stereocenters. The van der Waals surface area contributed by atoms with Gasteiger partial charge in [-0.2, -0.15) is 0 Å². The Labute approximate surface area is 207 Å². The van der Waals surface area contributed by atoms with Gasteiger partial charge < -0.3 is 20.1 Å². The third-order valence-corrected chi connectivity index (χ3v) is 5.06. The minimum absolute atomic E-state index is 0. The van der Waals surface area contributed by atoms with E-state index in [9.17, 15) is 4.39 Å². The van der Waals surface area contributed by atoms with E-state index in [-0.39, 0.29) is 35.9 Å². The highest BCUT2D eigenvalue weighted by Crippen LogP contribution is 2.15. The number of hydrogen-bond acceptors (Lipinski definition) is 4. The fraction of sp³-hybridized carbons (Fsp3) is 0.458. The maximum atomic E-state index is 13.3. The molecule has 0 aliphatic carbocycles. The number of nitrogens with zero attached hydrogens (tertiary/aromatic N) is 2. The van der Waals surface area contributed by atoms with Crippen LogP contribution in [0.4, 0.5) is 4.39 Å². The summed E-state index contributed by atoms with van der Waals surface area (Å²) in [5.74, 6) is 0.954. The number of morpholine rings is 1. The Morgan fingerprint density at radius 2 is 1.88 bits per heavy atom. The van der Waals surface area contributed by atoms with E-state index in [2.05, 4.69) is 39.8 Å². The highest BCUT2D eigenvalue weighted by atomic mass is 127. The van der Waals surface area contributed by atoms with E-state index in [0.29, 0.717) is 18.8 Å². The molecule has 8 heteroatoms. The molecule has 0 amide bonds. The van der Waals surface area contributed by atoms with E-state index >= 15 is 0 Å². The summed E-state index contributed by atoms with van der Waals surface area (Å²) in [7, 11) is 0. The normalized spacial score (nSPS) is 15.5. The molecule has 3 rings (SSSR count). The number of benzene rings is 2. The molecule has 1 saturated heterocycles. The topological polar surface area (TPSA) is 58.1 Å². The molecule has 2 aromatic carbocycles. The maximum absolute atomic E-state index is 13.3. The van der Waals surface area contributed by atoms with E-state index in [1.54, 1.807) is 12.1 Å². The highest BCUT2D eigenvalue weighted by Gasteiger charge is 2.13. The molecule has 1 heterocycles. The van der Waals surface area contributed by atoms with E-state index in [4.69, 9.17) is 14.5 Å². The summed E-state index contributed by atoms with van der Waals surface area (Å²) in [5, 5.41) is 6.60. The van der Waals surface area contributed by atoms with Gasteiger partial charge in [-0.1, -0.05) is 30.3 Å². The van der Waals surface area contributed by atoms with Gasteiger partial charge in [-0.15, -0.1) is 24.0 Å². The highest BCUT2D eigenvalue weighted by molar-refractivity contribution is 14.0. The minimum atomic E-state index is -0.302. The lowest BCUT2D eigenvalue weighted by Crippen LogP contribution is -2.41. The van der Waals surface area contributed by atoms with Crippen molar-refractivity contribution < 1.29 is 13.9 Å². The van der Waals surface area contributed by atoms with Crippen molar-refractivity contribution in [2.24, 2.45) is 4.99 Å². The molecule has 0 saturated carbocycles. The second kappa shape index (κ2) is 14.3. The molecule has 0 aromatic heterocycles. The average Bonchev–Trinajstić information content (AvgIpc) is 2.77. The molecule has 0 radical (unpaired) electrons. The third-order valence-electron chi connectivity index (χ3n) is 5.06. The van der Waals surface area contributed by atoms with Crippen molar-refractivity contribution in [1.29, 1.82) is 0 Å². The molecule has 1 aliphatic heterocycles. The Bertz CT molecular complexity index is 846. The van der Waals surface area contributed by atoms with Crippen LogP contribution < -0.4 is 15.4 Å². The Kier molecular flexibility index (Phi) is 11.8. The first-order chi connectivity index (χ1) is 15.1. The number of guanidine groups is 1. The lowest BCUT2D eigenvalue weighted by Gasteiger charge is -2.27. The standard InChI is InChI=1S/C24H33FN4O2.HI/c1-3-26-24(27-16-19(2)31-23-10-6-9-22(25)15-23)28-17-20-7-4-5-8-21(20)18-29-11-13-30-14-12-29;/h4-10,15,19H,3,11-14,16-18H2,1-2H3,(H2,26,27,28);1H. The summed E-state index contributed by atoms with van der Waals surface area (Å²) in [4.78, 5) is 7.18. The van der Waals surface area contributed by atoms with Crippen molar-refractivity contribution in [2.75, 3.05) is 39.4 Å². The first-order valence-corrected chi connectivity index (χ1v) is 11.0. The van der Waals surface area contributed by atoms with Crippen molar-refractivity contribution >= 4 is 29.9 Å². The van der Waals surface area contributed by atoms with Crippen LogP contribution in [-0.2, 0) is 17.8 Å². The maximum Gasteiger partial charge on any atom is 0.191 e. The zero-order chi connectivity index (χ0) is 21.9. The molecule has 6 nitrogen and oxygen atoms in total. The quantitative estimate of drug-likeness (QED) is 0.280. The summed E-state index contributed by atoms with van der Waals surface area (Å²) < 4.78 is 24.6. The molecular formula is C24H34FIN4O2. The first-order valence-electron chi connectivity index (χ1n) is 11.0. The van der Waals surface area contributed by atoms with Gasteiger partial charge in [-0.05, 0) is 37.1 Å². The zero-order valence-corrected chi connectivity index (χ0v) is 21.2. The van der Waals surface area contributed by atoms with Gasteiger partial charge in [-0.25, -0.2) is 9.38 Å². The van der Waals surface area contributed by atoms with Gasteiger partial charge in [0.2, 0.25) is 0 Å². The van der Waals surface area contributed by atoms with Crippen LogP contribution in [-0.4, -0.2) is 56.4 Å². The molecule has 2 aromatic rings. The lowest BCUT2D eigenvalue weighted by atomic mass is 10.1. The van der Waals surface area contributed by atoms with E-state index in [1.165, 1.54) is 23.3 Å². The van der Waals surface area contributed by atoms with Crippen LogP contribution in [0.25, 0.3) is 0 Å². The Morgan fingerprint density at radius 3 is 2.59 bits per heavy atom. The fourth-order valence-corrected chi connectivity index (χ4v) is 3.43. The number of aliphatic imine (C=N–C) groups is 1. The largest absolute Gasteiger partial charge is 0.489 e. The van der Waals surface area contributed by atoms with Crippen LogP contribution in [0.2, 0.25) is 0 Å². The van der Waals surface area contributed by atoms with Crippen molar-refractivity contribution in [1.82, 2.24) is 15.5 Å². The molecule has 0 bridgehead atoms. The molecular weight excluding hydrogens is 522 g/mol.